The van der Waals surface area contributed by atoms with Crippen LogP contribution in [0.15, 0.2) is 6.20 Å². The molecule has 6 heteroatoms. The standard InChI is InChI=1S/C16H26N6/c1-11-12(16(20(2)3)22(5)19-11)9-17-14-7-6-8-15-13(14)10-18-21(15)4/h10,14,17H,6-9H2,1-5H3/t14-/m0/s1. The van der Waals surface area contributed by atoms with Crippen LogP contribution in [0.25, 0.3) is 0 Å². The van der Waals surface area contributed by atoms with Gasteiger partial charge < -0.3 is 10.2 Å². The minimum absolute atomic E-state index is 0.395. The molecule has 2 heterocycles. The van der Waals surface area contributed by atoms with Crippen molar-refractivity contribution in [3.05, 3.63) is 28.7 Å². The molecular formula is C16H26N6. The lowest BCUT2D eigenvalue weighted by molar-refractivity contribution is 0.451. The first-order valence-corrected chi connectivity index (χ1v) is 7.93. The topological polar surface area (TPSA) is 50.9 Å². The second-order valence-electron chi connectivity index (χ2n) is 6.40. The van der Waals surface area contributed by atoms with Crippen LogP contribution in [0, 0.1) is 6.92 Å². The summed E-state index contributed by atoms with van der Waals surface area (Å²) in [5.74, 6) is 1.17. The van der Waals surface area contributed by atoms with Crippen LogP contribution < -0.4 is 10.2 Å². The summed E-state index contributed by atoms with van der Waals surface area (Å²) < 4.78 is 3.98. The average molecular weight is 302 g/mol. The van der Waals surface area contributed by atoms with Gasteiger partial charge in [0.05, 0.1) is 11.9 Å². The summed E-state index contributed by atoms with van der Waals surface area (Å²) in [6.07, 6.45) is 5.56. The maximum atomic E-state index is 4.56. The van der Waals surface area contributed by atoms with Gasteiger partial charge in [-0.05, 0) is 26.2 Å². The molecule has 2 aromatic heterocycles. The Morgan fingerprint density at radius 3 is 2.82 bits per heavy atom. The van der Waals surface area contributed by atoms with Crippen molar-refractivity contribution in [1.29, 1.82) is 0 Å². The zero-order valence-corrected chi connectivity index (χ0v) is 14.2. The molecule has 3 rings (SSSR count). The van der Waals surface area contributed by atoms with Gasteiger partial charge in [-0.3, -0.25) is 9.36 Å². The van der Waals surface area contributed by atoms with Crippen molar-refractivity contribution in [3.8, 4) is 0 Å². The van der Waals surface area contributed by atoms with Crippen molar-refractivity contribution < 1.29 is 0 Å². The smallest absolute Gasteiger partial charge is 0.130 e. The molecule has 0 unspecified atom stereocenters. The van der Waals surface area contributed by atoms with E-state index < -0.39 is 0 Å². The zero-order chi connectivity index (χ0) is 15.9. The van der Waals surface area contributed by atoms with Crippen LogP contribution in [0.4, 0.5) is 5.82 Å². The number of aromatic nitrogens is 4. The molecule has 0 aliphatic heterocycles. The van der Waals surface area contributed by atoms with Gasteiger partial charge in [-0.15, -0.1) is 0 Å². The van der Waals surface area contributed by atoms with Gasteiger partial charge in [-0.2, -0.15) is 10.2 Å². The molecular weight excluding hydrogens is 276 g/mol. The highest BCUT2D eigenvalue weighted by Gasteiger charge is 2.24. The molecule has 0 fully saturated rings. The number of rotatable bonds is 4. The molecule has 6 nitrogen and oxygen atoms in total. The third kappa shape index (κ3) is 2.52. The highest BCUT2D eigenvalue weighted by molar-refractivity contribution is 5.49. The van der Waals surface area contributed by atoms with E-state index >= 15 is 0 Å². The Balaban J connectivity index is 1.80. The van der Waals surface area contributed by atoms with Crippen molar-refractivity contribution in [2.75, 3.05) is 19.0 Å². The lowest BCUT2D eigenvalue weighted by atomic mass is 9.93. The van der Waals surface area contributed by atoms with Crippen LogP contribution in [-0.2, 0) is 27.1 Å². The lowest BCUT2D eigenvalue weighted by Gasteiger charge is -2.24. The molecule has 0 bridgehead atoms. The fourth-order valence-corrected chi connectivity index (χ4v) is 3.60. The normalized spacial score (nSPS) is 17.6. The molecule has 0 radical (unpaired) electrons. The molecule has 0 saturated heterocycles. The molecule has 1 aliphatic rings. The first kappa shape index (κ1) is 15.1. The van der Waals surface area contributed by atoms with E-state index in [0.29, 0.717) is 6.04 Å². The van der Waals surface area contributed by atoms with Crippen LogP contribution in [0.2, 0.25) is 0 Å². The Morgan fingerprint density at radius 1 is 1.32 bits per heavy atom. The van der Waals surface area contributed by atoms with Crippen LogP contribution >= 0.6 is 0 Å². The zero-order valence-electron chi connectivity index (χ0n) is 14.2. The predicted octanol–water partition coefficient (Wildman–Crippen LogP) is 1.70. The summed E-state index contributed by atoms with van der Waals surface area (Å²) in [4.78, 5) is 2.13. The molecule has 120 valence electrons. The number of anilines is 1. The molecule has 1 aliphatic carbocycles. The highest BCUT2D eigenvalue weighted by Crippen LogP contribution is 2.30. The van der Waals surface area contributed by atoms with Gasteiger partial charge in [0.15, 0.2) is 0 Å². The van der Waals surface area contributed by atoms with Crippen LogP contribution in [-0.4, -0.2) is 33.7 Å². The van der Waals surface area contributed by atoms with Gasteiger partial charge in [0.25, 0.3) is 0 Å². The average Bonchev–Trinajstić information content (AvgIpc) is 2.97. The van der Waals surface area contributed by atoms with Crippen LogP contribution in [0.3, 0.4) is 0 Å². The number of nitrogens with zero attached hydrogens (tertiary/aromatic N) is 5. The lowest BCUT2D eigenvalue weighted by Crippen LogP contribution is -2.26. The summed E-state index contributed by atoms with van der Waals surface area (Å²) >= 11 is 0. The largest absolute Gasteiger partial charge is 0.363 e. The van der Waals surface area contributed by atoms with Crippen molar-refractivity contribution in [2.45, 2.75) is 38.8 Å². The highest BCUT2D eigenvalue weighted by atomic mass is 15.4. The minimum atomic E-state index is 0.395. The fraction of sp³-hybridized carbons (Fsp3) is 0.625. The predicted molar refractivity (Wildman–Crippen MR) is 88.0 cm³/mol. The van der Waals surface area contributed by atoms with Crippen molar-refractivity contribution in [3.63, 3.8) is 0 Å². The third-order valence-corrected chi connectivity index (χ3v) is 4.64. The molecule has 0 amide bonds. The van der Waals surface area contributed by atoms with Gasteiger partial charge >= 0.3 is 0 Å². The van der Waals surface area contributed by atoms with E-state index in [-0.39, 0.29) is 0 Å². The van der Waals surface area contributed by atoms with Crippen molar-refractivity contribution in [1.82, 2.24) is 24.9 Å². The molecule has 0 spiro atoms. The number of nitrogens with one attached hydrogen (secondary N) is 1. The molecule has 2 aromatic rings. The third-order valence-electron chi connectivity index (χ3n) is 4.64. The quantitative estimate of drug-likeness (QED) is 0.934. The van der Waals surface area contributed by atoms with E-state index in [2.05, 4.69) is 41.4 Å². The van der Waals surface area contributed by atoms with Gasteiger partial charge in [-0.25, -0.2) is 0 Å². The summed E-state index contributed by atoms with van der Waals surface area (Å²) in [7, 11) is 8.18. The Hall–Kier alpha value is -1.82. The van der Waals surface area contributed by atoms with Crippen molar-refractivity contribution in [2.24, 2.45) is 14.1 Å². The first-order chi connectivity index (χ1) is 10.5. The fourth-order valence-electron chi connectivity index (χ4n) is 3.60. The van der Waals surface area contributed by atoms with Gasteiger partial charge in [0.2, 0.25) is 0 Å². The van der Waals surface area contributed by atoms with E-state index in [1.54, 1.807) is 0 Å². The van der Waals surface area contributed by atoms with Crippen LogP contribution in [0.5, 0.6) is 0 Å². The van der Waals surface area contributed by atoms with E-state index in [1.807, 2.05) is 29.7 Å². The molecule has 1 atom stereocenters. The summed E-state index contributed by atoms with van der Waals surface area (Å²) in [5, 5.41) is 12.7. The van der Waals surface area contributed by atoms with Gasteiger partial charge in [0, 0.05) is 57.6 Å². The number of fused-ring (bicyclic) bond motifs is 1. The molecule has 1 N–H and O–H groups in total. The molecule has 0 aromatic carbocycles. The van der Waals surface area contributed by atoms with E-state index in [4.69, 9.17) is 0 Å². The second kappa shape index (κ2) is 5.76. The summed E-state index contributed by atoms with van der Waals surface area (Å²) in [6.45, 7) is 2.92. The summed E-state index contributed by atoms with van der Waals surface area (Å²) in [6, 6.07) is 0.395. The Morgan fingerprint density at radius 2 is 2.09 bits per heavy atom. The SMILES string of the molecule is Cc1nn(C)c(N(C)C)c1CN[C@H]1CCCc2c1cnn2C. The second-order valence-corrected chi connectivity index (χ2v) is 6.40. The number of hydrogen-bond acceptors (Lipinski definition) is 4. The summed E-state index contributed by atoms with van der Waals surface area (Å²) in [5.41, 5.74) is 5.12. The van der Waals surface area contributed by atoms with E-state index in [0.717, 1.165) is 18.7 Å². The number of hydrogen-bond donors (Lipinski definition) is 1. The van der Waals surface area contributed by atoms with Crippen molar-refractivity contribution >= 4 is 5.82 Å². The molecule has 22 heavy (non-hydrogen) atoms. The van der Waals surface area contributed by atoms with Gasteiger partial charge in [0.1, 0.15) is 5.82 Å². The minimum Gasteiger partial charge on any atom is -0.363 e. The Kier molecular flexibility index (Phi) is 3.95. The number of aryl methyl sites for hydroxylation is 3. The van der Waals surface area contributed by atoms with Crippen LogP contribution in [0.1, 0.15) is 41.4 Å². The van der Waals surface area contributed by atoms with E-state index in [1.165, 1.54) is 35.5 Å². The Labute approximate surface area is 132 Å². The Bertz CT molecular complexity index is 666. The maximum absolute atomic E-state index is 4.56. The first-order valence-electron chi connectivity index (χ1n) is 7.93. The van der Waals surface area contributed by atoms with E-state index in [9.17, 15) is 0 Å². The monoisotopic (exact) mass is 302 g/mol. The molecule has 0 saturated carbocycles. The maximum Gasteiger partial charge on any atom is 0.130 e. The van der Waals surface area contributed by atoms with Gasteiger partial charge in [-0.1, -0.05) is 0 Å².